The minimum atomic E-state index is -1.20. The third-order valence-electron chi connectivity index (χ3n) is 2.94. The van der Waals surface area contributed by atoms with Crippen molar-refractivity contribution in [2.75, 3.05) is 11.1 Å². The topological polar surface area (TPSA) is 72.2 Å². The van der Waals surface area contributed by atoms with Crippen molar-refractivity contribution in [2.24, 2.45) is 0 Å². The number of anilines is 2. The van der Waals surface area contributed by atoms with Gasteiger partial charge in [-0.2, -0.15) is 0 Å². The van der Waals surface area contributed by atoms with E-state index in [0.29, 0.717) is 16.4 Å². The molecular weight excluding hydrogens is 284 g/mol. The van der Waals surface area contributed by atoms with Gasteiger partial charge in [-0.15, -0.1) is 0 Å². The van der Waals surface area contributed by atoms with Gasteiger partial charge in [0.1, 0.15) is 5.25 Å². The van der Waals surface area contributed by atoms with Gasteiger partial charge in [0.25, 0.3) is 0 Å². The molecule has 0 spiro atoms. The van der Waals surface area contributed by atoms with Crippen molar-refractivity contribution in [1.82, 2.24) is 0 Å². The number of benzene rings is 1. The van der Waals surface area contributed by atoms with Crippen molar-refractivity contribution in [2.45, 2.75) is 37.7 Å². The summed E-state index contributed by atoms with van der Waals surface area (Å²) in [5.41, 5.74) is 6.59. The summed E-state index contributed by atoms with van der Waals surface area (Å²) >= 11 is 5.98. The molecule has 0 bridgehead atoms. The van der Waals surface area contributed by atoms with Gasteiger partial charge >= 0.3 is 0 Å². The summed E-state index contributed by atoms with van der Waals surface area (Å²) in [6, 6.07) is 4.85. The largest absolute Gasteiger partial charge is 0.399 e. The lowest BCUT2D eigenvalue weighted by atomic mass is 10.2. The number of nitrogens with one attached hydrogen (secondary N) is 1. The Hall–Kier alpha value is -1.07. The van der Waals surface area contributed by atoms with E-state index >= 15 is 0 Å². The van der Waals surface area contributed by atoms with Crippen molar-refractivity contribution in [3.05, 3.63) is 23.2 Å². The first-order chi connectivity index (χ1) is 8.86. The van der Waals surface area contributed by atoms with E-state index in [1.807, 2.05) is 13.8 Å². The maximum Gasteiger partial charge on any atom is 0.239 e. The van der Waals surface area contributed by atoms with E-state index < -0.39 is 16.0 Å². The summed E-state index contributed by atoms with van der Waals surface area (Å²) < 4.78 is 12.0. The first-order valence-corrected chi connectivity index (χ1v) is 7.77. The average Bonchev–Trinajstić information content (AvgIpc) is 2.39. The van der Waals surface area contributed by atoms with Crippen LogP contribution in [0.2, 0.25) is 5.02 Å². The van der Waals surface area contributed by atoms with Crippen molar-refractivity contribution < 1.29 is 9.00 Å². The maximum absolute atomic E-state index is 12.0. The second-order valence-electron chi connectivity index (χ2n) is 4.42. The van der Waals surface area contributed by atoms with Crippen LogP contribution in [0.5, 0.6) is 0 Å². The van der Waals surface area contributed by atoms with Crippen LogP contribution in [0.4, 0.5) is 11.4 Å². The van der Waals surface area contributed by atoms with Gasteiger partial charge in [-0.25, -0.2) is 0 Å². The normalized spacial score (nSPS) is 15.6. The Bertz CT molecular complexity index is 494. The van der Waals surface area contributed by atoms with Gasteiger partial charge < -0.3 is 11.1 Å². The number of hydrogen-bond acceptors (Lipinski definition) is 3. The number of nitrogen functional groups attached to an aromatic ring is 1. The predicted molar refractivity (Wildman–Crippen MR) is 81.9 cm³/mol. The monoisotopic (exact) mass is 302 g/mol. The Balaban J connectivity index is 2.76. The summed E-state index contributed by atoms with van der Waals surface area (Å²) in [6.07, 6.45) is 0.771. The standard InChI is InChI=1S/C13H19ClN2O2S/c1-4-8(2)19(18)9(3)13(17)16-12-6-5-10(15)7-11(12)14/h5-9H,4,15H2,1-3H3,(H,16,17). The Morgan fingerprint density at radius 3 is 2.63 bits per heavy atom. The maximum atomic E-state index is 12.0. The summed E-state index contributed by atoms with van der Waals surface area (Å²) in [4.78, 5) is 12.0. The first-order valence-electron chi connectivity index (χ1n) is 6.12. The minimum Gasteiger partial charge on any atom is -0.399 e. The molecule has 19 heavy (non-hydrogen) atoms. The van der Waals surface area contributed by atoms with E-state index in [4.69, 9.17) is 17.3 Å². The van der Waals surface area contributed by atoms with E-state index in [1.165, 1.54) is 0 Å². The fourth-order valence-electron chi connectivity index (χ4n) is 1.49. The van der Waals surface area contributed by atoms with Crippen LogP contribution in [-0.2, 0) is 15.6 Å². The molecule has 0 saturated heterocycles. The quantitative estimate of drug-likeness (QED) is 0.822. The van der Waals surface area contributed by atoms with Gasteiger partial charge in [-0.1, -0.05) is 25.4 Å². The molecule has 3 N–H and O–H groups in total. The van der Waals surface area contributed by atoms with Gasteiger partial charge in [-0.3, -0.25) is 9.00 Å². The Kier molecular flexibility index (Phi) is 5.82. The van der Waals surface area contributed by atoms with Crippen molar-refractivity contribution >= 4 is 39.7 Å². The molecule has 1 aromatic rings. The van der Waals surface area contributed by atoms with E-state index in [2.05, 4.69) is 5.32 Å². The summed E-state index contributed by atoms with van der Waals surface area (Å²) in [7, 11) is -1.20. The van der Waals surface area contributed by atoms with Crippen LogP contribution in [0, 0.1) is 0 Å². The molecule has 0 saturated carbocycles. The number of hydrogen-bond donors (Lipinski definition) is 2. The summed E-state index contributed by atoms with van der Waals surface area (Å²) in [5, 5.41) is 2.46. The van der Waals surface area contributed by atoms with Crippen LogP contribution in [0.1, 0.15) is 27.2 Å². The number of carbonyl (C=O) groups excluding carboxylic acids is 1. The molecule has 1 aromatic carbocycles. The molecule has 1 amide bonds. The summed E-state index contributed by atoms with van der Waals surface area (Å²) in [5.74, 6) is -0.301. The third-order valence-corrected chi connectivity index (χ3v) is 5.29. The molecule has 3 atom stereocenters. The number of amides is 1. The van der Waals surface area contributed by atoms with Crippen LogP contribution in [0.3, 0.4) is 0 Å². The van der Waals surface area contributed by atoms with E-state index in [9.17, 15) is 9.00 Å². The molecule has 106 valence electrons. The fraction of sp³-hybridized carbons (Fsp3) is 0.462. The van der Waals surface area contributed by atoms with Crippen LogP contribution < -0.4 is 11.1 Å². The van der Waals surface area contributed by atoms with Gasteiger partial charge in [-0.05, 0) is 31.5 Å². The van der Waals surface area contributed by atoms with E-state index in [1.54, 1.807) is 25.1 Å². The zero-order chi connectivity index (χ0) is 14.6. The molecule has 0 radical (unpaired) electrons. The second kappa shape index (κ2) is 6.91. The lowest BCUT2D eigenvalue weighted by molar-refractivity contribution is -0.115. The number of nitrogens with two attached hydrogens (primary N) is 1. The molecule has 0 fully saturated rings. The van der Waals surface area contributed by atoms with Crippen molar-refractivity contribution in [3.8, 4) is 0 Å². The second-order valence-corrected chi connectivity index (χ2v) is 6.99. The lowest BCUT2D eigenvalue weighted by Gasteiger charge is -2.16. The van der Waals surface area contributed by atoms with Crippen LogP contribution >= 0.6 is 11.6 Å². The van der Waals surface area contributed by atoms with Gasteiger partial charge in [0, 0.05) is 21.7 Å². The number of rotatable bonds is 5. The van der Waals surface area contributed by atoms with Crippen molar-refractivity contribution in [3.63, 3.8) is 0 Å². The molecule has 0 heterocycles. The highest BCUT2D eigenvalue weighted by molar-refractivity contribution is 7.87. The van der Waals surface area contributed by atoms with Crippen molar-refractivity contribution in [1.29, 1.82) is 0 Å². The molecule has 0 aliphatic carbocycles. The Labute approximate surface area is 121 Å². The van der Waals surface area contributed by atoms with Crippen LogP contribution in [0.25, 0.3) is 0 Å². The third kappa shape index (κ3) is 4.21. The van der Waals surface area contributed by atoms with Crippen LogP contribution in [-0.4, -0.2) is 20.6 Å². The molecular formula is C13H19ClN2O2S. The predicted octanol–water partition coefficient (Wildman–Crippen LogP) is 2.80. The van der Waals surface area contributed by atoms with Gasteiger partial charge in [0.2, 0.25) is 5.91 Å². The number of halogens is 1. The average molecular weight is 303 g/mol. The minimum absolute atomic E-state index is 0.0114. The molecule has 4 nitrogen and oxygen atoms in total. The lowest BCUT2D eigenvalue weighted by Crippen LogP contribution is -2.33. The Morgan fingerprint density at radius 2 is 2.11 bits per heavy atom. The van der Waals surface area contributed by atoms with E-state index in [-0.39, 0.29) is 11.2 Å². The summed E-state index contributed by atoms with van der Waals surface area (Å²) in [6.45, 7) is 5.48. The highest BCUT2D eigenvalue weighted by Gasteiger charge is 2.24. The smallest absolute Gasteiger partial charge is 0.239 e. The molecule has 3 unspecified atom stereocenters. The van der Waals surface area contributed by atoms with E-state index in [0.717, 1.165) is 6.42 Å². The number of carbonyl (C=O) groups is 1. The van der Waals surface area contributed by atoms with Crippen LogP contribution in [0.15, 0.2) is 18.2 Å². The first kappa shape index (κ1) is 16.0. The molecule has 1 rings (SSSR count). The molecule has 6 heteroatoms. The highest BCUT2D eigenvalue weighted by atomic mass is 35.5. The Morgan fingerprint density at radius 1 is 1.47 bits per heavy atom. The molecule has 0 aliphatic rings. The SMILES string of the molecule is CCC(C)S(=O)C(C)C(=O)Nc1ccc(N)cc1Cl. The molecule has 0 aliphatic heterocycles. The highest BCUT2D eigenvalue weighted by Crippen LogP contribution is 2.24. The van der Waals surface area contributed by atoms with Gasteiger partial charge in [0.15, 0.2) is 0 Å². The van der Waals surface area contributed by atoms with Gasteiger partial charge in [0.05, 0.1) is 10.7 Å². The fourth-order valence-corrected chi connectivity index (χ4v) is 3.02. The zero-order valence-corrected chi connectivity index (χ0v) is 12.8. The zero-order valence-electron chi connectivity index (χ0n) is 11.3. The molecule has 0 aromatic heterocycles.